The largest absolute Gasteiger partial charge is 0.376 e. The Morgan fingerprint density at radius 3 is 1.76 bits per heavy atom. The minimum Gasteiger partial charge on any atom is -0.376 e. The molecule has 344 valence electrons. The predicted octanol–water partition coefficient (Wildman–Crippen LogP) is 16.9. The molecule has 2 aliphatic carbocycles. The molecule has 2 nitrogen and oxygen atoms in total. The minimum atomic E-state index is -0.254. The Hall–Kier alpha value is -6.36. The van der Waals surface area contributed by atoms with Crippen LogP contribution >= 0.6 is 11.3 Å². The Morgan fingerprint density at radius 2 is 1.07 bits per heavy atom. The molecule has 4 heteroatoms. The molecule has 4 heterocycles. The molecule has 2 aliphatic heterocycles. The van der Waals surface area contributed by atoms with Crippen molar-refractivity contribution in [2.24, 2.45) is 0 Å². The van der Waals surface area contributed by atoms with Crippen molar-refractivity contribution in [2.45, 2.75) is 117 Å². The monoisotopic (exact) mass is 924 g/mol. The van der Waals surface area contributed by atoms with Gasteiger partial charge in [-0.05, 0) is 149 Å². The average molecular weight is 925 g/mol. The first kappa shape index (κ1) is 42.5. The summed E-state index contributed by atoms with van der Waals surface area (Å²) in [7, 11) is 0. The fraction of sp³-hybridized carbons (Fsp3) is 0.273. The number of fused-ring (bicyclic) bond motifs is 19. The summed E-state index contributed by atoms with van der Waals surface area (Å²) in [5.74, 6) is 0. The van der Waals surface area contributed by atoms with Gasteiger partial charge in [-0.1, -0.05) is 169 Å². The van der Waals surface area contributed by atoms with Gasteiger partial charge in [-0.25, -0.2) is 0 Å². The zero-order valence-electron chi connectivity index (χ0n) is 43.1. The van der Waals surface area contributed by atoms with E-state index in [2.05, 4.69) is 233 Å². The second kappa shape index (κ2) is 13.3. The lowest BCUT2D eigenvalue weighted by atomic mass is 9.43. The van der Waals surface area contributed by atoms with Crippen LogP contribution in [0.15, 0.2) is 133 Å². The Morgan fingerprint density at radius 1 is 0.471 bits per heavy atom. The Balaban J connectivity index is 1.23. The molecule has 0 bridgehead atoms. The highest BCUT2D eigenvalue weighted by Gasteiger charge is 2.51. The molecule has 14 rings (SSSR count). The number of aromatic nitrogens is 1. The molecule has 0 saturated heterocycles. The first-order chi connectivity index (χ1) is 33.1. The number of benzene rings is 8. The molecule has 0 fully saturated rings. The van der Waals surface area contributed by atoms with E-state index in [4.69, 9.17) is 0 Å². The summed E-state index contributed by atoms with van der Waals surface area (Å²) in [4.78, 5) is 2.77. The van der Waals surface area contributed by atoms with E-state index in [9.17, 15) is 0 Å². The number of hydrogen-bond acceptors (Lipinski definition) is 2. The first-order valence-corrected chi connectivity index (χ1v) is 26.4. The van der Waals surface area contributed by atoms with Crippen molar-refractivity contribution in [2.75, 3.05) is 4.81 Å². The van der Waals surface area contributed by atoms with E-state index in [-0.39, 0.29) is 33.9 Å². The fourth-order valence-corrected chi connectivity index (χ4v) is 14.8. The zero-order valence-corrected chi connectivity index (χ0v) is 43.9. The van der Waals surface area contributed by atoms with Gasteiger partial charge in [0.1, 0.15) is 0 Å². The number of anilines is 2. The van der Waals surface area contributed by atoms with Gasteiger partial charge in [0.05, 0.1) is 11.0 Å². The minimum absolute atomic E-state index is 0.0216. The molecule has 8 aromatic carbocycles. The van der Waals surface area contributed by atoms with Gasteiger partial charge in [0.15, 0.2) is 0 Å². The fourth-order valence-electron chi connectivity index (χ4n) is 13.7. The van der Waals surface area contributed by atoms with Crippen LogP contribution in [-0.2, 0) is 27.1 Å². The second-order valence-electron chi connectivity index (χ2n) is 25.4. The highest BCUT2D eigenvalue weighted by molar-refractivity contribution is 7.25. The van der Waals surface area contributed by atoms with E-state index in [1.54, 1.807) is 0 Å². The van der Waals surface area contributed by atoms with Crippen LogP contribution in [0.2, 0.25) is 0 Å². The third-order valence-electron chi connectivity index (χ3n) is 17.4. The molecule has 0 amide bonds. The Kier molecular flexibility index (Phi) is 8.10. The molecule has 0 unspecified atom stereocenters. The van der Waals surface area contributed by atoms with Gasteiger partial charge in [0.25, 0.3) is 0 Å². The molecular formula is C66H61BN2S. The van der Waals surface area contributed by atoms with Gasteiger partial charge in [-0.2, -0.15) is 0 Å². The van der Waals surface area contributed by atoms with Crippen LogP contribution in [0.1, 0.15) is 129 Å². The molecule has 0 atom stereocenters. The van der Waals surface area contributed by atoms with Gasteiger partial charge in [0, 0.05) is 64.4 Å². The highest BCUT2D eigenvalue weighted by Crippen LogP contribution is 2.60. The first-order valence-electron chi connectivity index (χ1n) is 25.6. The van der Waals surface area contributed by atoms with Crippen LogP contribution in [0.25, 0.3) is 81.0 Å². The highest BCUT2D eigenvalue weighted by atomic mass is 32.1. The number of thiophene rings is 1. The van der Waals surface area contributed by atoms with Crippen LogP contribution in [0, 0.1) is 0 Å². The SMILES string of the molecule is CC(C)(C)c1ccc(N2B3c4cc5c(cc4-n4c6ccc(C(C)(C)C)cc6c6c7c(c(c3c64)-c3cc4c(cc32)sc2ccc(C(C)(C)C)cc24)-c2ccccc2C7(C)C)C(C)(C)c2ccccc2-5)cc1. The third kappa shape index (κ3) is 5.36. The lowest BCUT2D eigenvalue weighted by Gasteiger charge is -2.43. The van der Waals surface area contributed by atoms with E-state index < -0.39 is 0 Å². The number of rotatable bonds is 1. The average Bonchev–Trinajstić information content (AvgIpc) is 3.99. The van der Waals surface area contributed by atoms with E-state index in [1.807, 2.05) is 11.3 Å². The smallest absolute Gasteiger partial charge is 0.333 e. The van der Waals surface area contributed by atoms with Gasteiger partial charge < -0.3 is 9.38 Å². The molecule has 0 saturated carbocycles. The molecule has 0 radical (unpaired) electrons. The van der Waals surface area contributed by atoms with E-state index >= 15 is 0 Å². The van der Waals surface area contributed by atoms with Crippen molar-refractivity contribution in [1.82, 2.24) is 4.57 Å². The third-order valence-corrected chi connectivity index (χ3v) is 18.5. The molecule has 0 spiro atoms. The second-order valence-corrected chi connectivity index (χ2v) is 26.5. The summed E-state index contributed by atoms with van der Waals surface area (Å²) in [5.41, 5.74) is 26.9. The Bertz CT molecular complexity index is 4000. The van der Waals surface area contributed by atoms with Crippen molar-refractivity contribution >= 4 is 82.5 Å². The molecule has 2 aromatic heterocycles. The molecular weight excluding hydrogens is 864 g/mol. The Labute approximate surface area is 418 Å². The van der Waals surface area contributed by atoms with Crippen LogP contribution in [0.4, 0.5) is 11.4 Å². The number of hydrogen-bond donors (Lipinski definition) is 0. The molecule has 10 aromatic rings. The van der Waals surface area contributed by atoms with Crippen LogP contribution in [0.5, 0.6) is 0 Å². The van der Waals surface area contributed by atoms with E-state index in [0.717, 1.165) is 0 Å². The normalized spacial score (nSPS) is 16.0. The lowest BCUT2D eigenvalue weighted by Crippen LogP contribution is -2.61. The van der Waals surface area contributed by atoms with Gasteiger partial charge in [-0.3, -0.25) is 0 Å². The van der Waals surface area contributed by atoms with Crippen molar-refractivity contribution in [3.8, 4) is 39.1 Å². The van der Waals surface area contributed by atoms with Crippen LogP contribution < -0.4 is 15.7 Å². The lowest BCUT2D eigenvalue weighted by molar-refractivity contribution is 0.590. The topological polar surface area (TPSA) is 8.17 Å². The quantitative estimate of drug-likeness (QED) is 0.149. The summed E-state index contributed by atoms with van der Waals surface area (Å²) in [6.07, 6.45) is 0. The van der Waals surface area contributed by atoms with Gasteiger partial charge in [-0.15, -0.1) is 11.3 Å². The van der Waals surface area contributed by atoms with E-state index in [0.29, 0.717) is 0 Å². The molecule has 4 aliphatic rings. The van der Waals surface area contributed by atoms with Crippen molar-refractivity contribution in [3.63, 3.8) is 0 Å². The standard InChI is InChI=1S/C66H61BN2S/c1-62(2,3)36-22-26-39(27-23-36)69-52-35-55-44(43-30-38(64(7,8)9)25-29-54(43)70-55)32-46(52)57-56-41-19-15-17-21-48(41)66(12,13)59(56)58-45-31-37(63(4,5)6)24-28-51(45)68-53-34-49-42(33-50(53)67(69)60(57)61(58)68)40-18-14-16-20-47(40)65(49,10)11/h14-35H,1-13H3. The zero-order chi connectivity index (χ0) is 48.5. The van der Waals surface area contributed by atoms with Crippen molar-refractivity contribution in [3.05, 3.63) is 172 Å². The maximum Gasteiger partial charge on any atom is 0.333 e. The van der Waals surface area contributed by atoms with Crippen molar-refractivity contribution in [1.29, 1.82) is 0 Å². The summed E-state index contributed by atoms with van der Waals surface area (Å²) in [5, 5.41) is 5.48. The molecule has 0 N–H and O–H groups in total. The summed E-state index contributed by atoms with van der Waals surface area (Å²) < 4.78 is 5.42. The maximum atomic E-state index is 2.77. The van der Waals surface area contributed by atoms with Crippen LogP contribution in [-0.4, -0.2) is 11.4 Å². The van der Waals surface area contributed by atoms with Gasteiger partial charge in [0.2, 0.25) is 0 Å². The van der Waals surface area contributed by atoms with Crippen LogP contribution in [0.3, 0.4) is 0 Å². The van der Waals surface area contributed by atoms with E-state index in [1.165, 1.54) is 142 Å². The summed E-state index contributed by atoms with van der Waals surface area (Å²) >= 11 is 1.94. The molecule has 70 heavy (non-hydrogen) atoms. The maximum absolute atomic E-state index is 2.77. The summed E-state index contributed by atoms with van der Waals surface area (Å²) in [6, 6.07) is 53.4. The number of nitrogens with zero attached hydrogens (tertiary/aromatic N) is 2. The predicted molar refractivity (Wildman–Crippen MR) is 304 cm³/mol. The van der Waals surface area contributed by atoms with Gasteiger partial charge >= 0.3 is 6.85 Å². The van der Waals surface area contributed by atoms with Crippen molar-refractivity contribution < 1.29 is 0 Å². The summed E-state index contributed by atoms with van der Waals surface area (Å²) in [6.45, 7) is 30.9.